The zero-order chi connectivity index (χ0) is 13.9. The Balaban J connectivity index is 1.64. The maximum Gasteiger partial charge on any atom is 0.123 e. The monoisotopic (exact) mass is 334 g/mol. The Bertz CT molecular complexity index is 507. The second-order valence-corrected chi connectivity index (χ2v) is 5.84. The molecule has 1 aliphatic rings. The Morgan fingerprint density at radius 1 is 0.700 bits per heavy atom. The highest BCUT2D eigenvalue weighted by Gasteiger charge is 2.17. The zero-order valence-corrected chi connectivity index (χ0v) is 12.7. The molecule has 0 aliphatic carbocycles. The lowest BCUT2D eigenvalue weighted by molar-refractivity contribution is 0.625. The van der Waals surface area contributed by atoms with Crippen LogP contribution in [0, 0.1) is 5.82 Å². The Hall–Kier alpha value is -1.55. The summed E-state index contributed by atoms with van der Waals surface area (Å²) in [4.78, 5) is 4.68. The molecular formula is C16H16BrFN2. The Morgan fingerprint density at radius 3 is 1.55 bits per heavy atom. The van der Waals surface area contributed by atoms with Crippen LogP contribution in [-0.4, -0.2) is 26.2 Å². The van der Waals surface area contributed by atoms with E-state index in [0.29, 0.717) is 0 Å². The molecule has 0 saturated carbocycles. The minimum absolute atomic E-state index is 0.178. The molecule has 4 heteroatoms. The Morgan fingerprint density at radius 2 is 1.10 bits per heavy atom. The van der Waals surface area contributed by atoms with Crippen LogP contribution in [0.15, 0.2) is 53.0 Å². The highest BCUT2D eigenvalue weighted by Crippen LogP contribution is 2.22. The minimum atomic E-state index is -0.178. The van der Waals surface area contributed by atoms with Crippen molar-refractivity contribution in [3.05, 3.63) is 58.8 Å². The van der Waals surface area contributed by atoms with Gasteiger partial charge in [-0.3, -0.25) is 0 Å². The fourth-order valence-electron chi connectivity index (χ4n) is 2.53. The maximum atomic E-state index is 12.9. The van der Waals surface area contributed by atoms with E-state index >= 15 is 0 Å². The zero-order valence-electron chi connectivity index (χ0n) is 11.1. The molecular weight excluding hydrogens is 319 g/mol. The number of nitrogens with zero attached hydrogens (tertiary/aromatic N) is 2. The average molecular weight is 335 g/mol. The normalized spacial score (nSPS) is 15.5. The highest BCUT2D eigenvalue weighted by atomic mass is 79.9. The van der Waals surface area contributed by atoms with Crippen molar-refractivity contribution < 1.29 is 4.39 Å². The molecule has 2 aromatic rings. The summed E-state index contributed by atoms with van der Waals surface area (Å²) in [5, 5.41) is 0. The molecule has 0 unspecified atom stereocenters. The maximum absolute atomic E-state index is 12.9. The fourth-order valence-corrected chi connectivity index (χ4v) is 2.79. The lowest BCUT2D eigenvalue weighted by Gasteiger charge is -2.37. The van der Waals surface area contributed by atoms with E-state index in [1.807, 2.05) is 12.1 Å². The van der Waals surface area contributed by atoms with E-state index in [-0.39, 0.29) is 5.82 Å². The molecule has 0 amide bonds. The van der Waals surface area contributed by atoms with Crippen LogP contribution in [0.5, 0.6) is 0 Å². The van der Waals surface area contributed by atoms with Gasteiger partial charge in [-0.05, 0) is 48.5 Å². The van der Waals surface area contributed by atoms with Crippen LogP contribution in [0.25, 0.3) is 0 Å². The van der Waals surface area contributed by atoms with Gasteiger partial charge in [-0.15, -0.1) is 0 Å². The molecule has 0 aromatic heterocycles. The Kier molecular flexibility index (Phi) is 3.92. The highest BCUT2D eigenvalue weighted by molar-refractivity contribution is 9.10. The molecule has 0 bridgehead atoms. The van der Waals surface area contributed by atoms with Crippen molar-refractivity contribution in [3.8, 4) is 0 Å². The van der Waals surface area contributed by atoms with Crippen LogP contribution in [0.1, 0.15) is 0 Å². The van der Waals surface area contributed by atoms with Crippen LogP contribution in [0.3, 0.4) is 0 Å². The molecule has 2 nitrogen and oxygen atoms in total. The first-order chi connectivity index (χ1) is 9.72. The van der Waals surface area contributed by atoms with Crippen molar-refractivity contribution >= 4 is 27.3 Å². The van der Waals surface area contributed by atoms with Gasteiger partial charge in [0.15, 0.2) is 0 Å². The number of halogens is 2. The van der Waals surface area contributed by atoms with Gasteiger partial charge in [0.05, 0.1) is 0 Å². The summed E-state index contributed by atoms with van der Waals surface area (Å²) in [6.45, 7) is 3.89. The topological polar surface area (TPSA) is 6.48 Å². The molecule has 0 radical (unpaired) electrons. The molecule has 1 fully saturated rings. The predicted molar refractivity (Wildman–Crippen MR) is 85.0 cm³/mol. The summed E-state index contributed by atoms with van der Waals surface area (Å²) in [5.74, 6) is -0.178. The summed E-state index contributed by atoms with van der Waals surface area (Å²) in [5.41, 5.74) is 2.36. The standard InChI is InChI=1S/C16H16BrFN2/c17-13-1-5-15(6-2-13)19-9-11-20(12-10-19)16-7-3-14(18)4-8-16/h1-8H,9-12H2. The van der Waals surface area contributed by atoms with Crippen molar-refractivity contribution in [2.24, 2.45) is 0 Å². The van der Waals surface area contributed by atoms with Gasteiger partial charge in [0, 0.05) is 42.0 Å². The summed E-state index contributed by atoms with van der Waals surface area (Å²) >= 11 is 3.46. The molecule has 1 saturated heterocycles. The van der Waals surface area contributed by atoms with Gasteiger partial charge < -0.3 is 9.80 Å². The third-order valence-corrected chi connectivity index (χ3v) is 4.19. The van der Waals surface area contributed by atoms with Crippen LogP contribution in [-0.2, 0) is 0 Å². The van der Waals surface area contributed by atoms with E-state index in [1.165, 1.54) is 17.8 Å². The third-order valence-electron chi connectivity index (χ3n) is 3.66. The van der Waals surface area contributed by atoms with E-state index in [4.69, 9.17) is 0 Å². The summed E-state index contributed by atoms with van der Waals surface area (Å²) in [7, 11) is 0. The first-order valence-electron chi connectivity index (χ1n) is 6.73. The Labute approximate surface area is 126 Å². The summed E-state index contributed by atoms with van der Waals surface area (Å²) in [6, 6.07) is 15.2. The van der Waals surface area contributed by atoms with Crippen molar-refractivity contribution in [1.29, 1.82) is 0 Å². The van der Waals surface area contributed by atoms with Gasteiger partial charge in [-0.2, -0.15) is 0 Å². The number of piperazine rings is 1. The fraction of sp³-hybridized carbons (Fsp3) is 0.250. The molecule has 104 valence electrons. The van der Waals surface area contributed by atoms with Gasteiger partial charge in [-0.25, -0.2) is 4.39 Å². The minimum Gasteiger partial charge on any atom is -0.368 e. The predicted octanol–water partition coefficient (Wildman–Crippen LogP) is 3.91. The van der Waals surface area contributed by atoms with Crippen LogP contribution in [0.4, 0.5) is 15.8 Å². The summed E-state index contributed by atoms with van der Waals surface area (Å²) in [6.07, 6.45) is 0. The molecule has 1 heterocycles. The number of benzene rings is 2. The molecule has 2 aromatic carbocycles. The van der Waals surface area contributed by atoms with Gasteiger partial charge in [0.1, 0.15) is 5.82 Å². The third kappa shape index (κ3) is 2.96. The molecule has 0 spiro atoms. The van der Waals surface area contributed by atoms with Gasteiger partial charge in [0.2, 0.25) is 0 Å². The van der Waals surface area contributed by atoms with E-state index < -0.39 is 0 Å². The van der Waals surface area contributed by atoms with Crippen molar-refractivity contribution in [2.45, 2.75) is 0 Å². The molecule has 0 atom stereocenters. The van der Waals surface area contributed by atoms with Crippen molar-refractivity contribution in [2.75, 3.05) is 36.0 Å². The van der Waals surface area contributed by atoms with Crippen LogP contribution < -0.4 is 9.80 Å². The van der Waals surface area contributed by atoms with Gasteiger partial charge in [-0.1, -0.05) is 15.9 Å². The van der Waals surface area contributed by atoms with E-state index in [0.717, 1.165) is 36.3 Å². The van der Waals surface area contributed by atoms with Crippen LogP contribution >= 0.6 is 15.9 Å². The number of hydrogen-bond donors (Lipinski definition) is 0. The van der Waals surface area contributed by atoms with Gasteiger partial charge in [0.25, 0.3) is 0 Å². The first-order valence-corrected chi connectivity index (χ1v) is 7.53. The molecule has 1 aliphatic heterocycles. The number of rotatable bonds is 2. The lowest BCUT2D eigenvalue weighted by Crippen LogP contribution is -2.46. The number of anilines is 2. The smallest absolute Gasteiger partial charge is 0.123 e. The van der Waals surface area contributed by atoms with Crippen LogP contribution in [0.2, 0.25) is 0 Å². The van der Waals surface area contributed by atoms with E-state index in [9.17, 15) is 4.39 Å². The second-order valence-electron chi connectivity index (χ2n) is 4.93. The van der Waals surface area contributed by atoms with Crippen molar-refractivity contribution in [3.63, 3.8) is 0 Å². The lowest BCUT2D eigenvalue weighted by atomic mass is 10.2. The van der Waals surface area contributed by atoms with Gasteiger partial charge >= 0.3 is 0 Å². The van der Waals surface area contributed by atoms with Crippen molar-refractivity contribution in [1.82, 2.24) is 0 Å². The molecule has 20 heavy (non-hydrogen) atoms. The summed E-state index contributed by atoms with van der Waals surface area (Å²) < 4.78 is 14.0. The molecule has 0 N–H and O–H groups in total. The number of hydrogen-bond acceptors (Lipinski definition) is 2. The first kappa shape index (κ1) is 13.4. The SMILES string of the molecule is Fc1ccc(N2CCN(c3ccc(Br)cc3)CC2)cc1. The average Bonchev–Trinajstić information content (AvgIpc) is 2.49. The quantitative estimate of drug-likeness (QED) is 0.821. The largest absolute Gasteiger partial charge is 0.368 e. The molecule has 3 rings (SSSR count). The van der Waals surface area contributed by atoms with E-state index in [2.05, 4.69) is 50.0 Å². The van der Waals surface area contributed by atoms with E-state index in [1.54, 1.807) is 0 Å². The second kappa shape index (κ2) is 5.83.